The van der Waals surface area contributed by atoms with E-state index in [4.69, 9.17) is 4.74 Å². The summed E-state index contributed by atoms with van der Waals surface area (Å²) in [6.07, 6.45) is 0. The Hall–Kier alpha value is -1.32. The largest absolute Gasteiger partial charge is 0.497 e. The Morgan fingerprint density at radius 1 is 1.10 bits per heavy atom. The summed E-state index contributed by atoms with van der Waals surface area (Å²) in [6, 6.07) is 17.0. The summed E-state index contributed by atoms with van der Waals surface area (Å²) in [4.78, 5) is 0. The zero-order valence-corrected chi connectivity index (χ0v) is 14.4. The second-order valence-electron chi connectivity index (χ2n) is 5.47. The van der Waals surface area contributed by atoms with Crippen molar-refractivity contribution in [3.8, 4) is 5.75 Å². The molecule has 1 N–H and O–H groups in total. The van der Waals surface area contributed by atoms with Gasteiger partial charge in [0.05, 0.1) is 7.11 Å². The molecule has 0 aliphatic carbocycles. The first-order valence-electron chi connectivity index (χ1n) is 7.22. The maximum Gasteiger partial charge on any atom is 0.119 e. The van der Waals surface area contributed by atoms with Crippen molar-refractivity contribution in [3.05, 3.63) is 64.1 Å². The highest BCUT2D eigenvalue weighted by atomic mass is 79.9. The van der Waals surface area contributed by atoms with Gasteiger partial charge in [-0.05, 0) is 35.2 Å². The Labute approximate surface area is 135 Å². The van der Waals surface area contributed by atoms with Gasteiger partial charge >= 0.3 is 0 Å². The fraction of sp³-hybridized carbons (Fsp3) is 0.333. The predicted molar refractivity (Wildman–Crippen MR) is 91.6 cm³/mol. The quantitative estimate of drug-likeness (QED) is 0.798. The van der Waals surface area contributed by atoms with Gasteiger partial charge in [-0.3, -0.25) is 0 Å². The average Bonchev–Trinajstić information content (AvgIpc) is 2.50. The van der Waals surface area contributed by atoms with Gasteiger partial charge in [0.25, 0.3) is 0 Å². The minimum Gasteiger partial charge on any atom is -0.497 e. The number of hydrogen-bond donors (Lipinski definition) is 1. The number of nitrogens with one attached hydrogen (secondary N) is 1. The Kier molecular flexibility index (Phi) is 5.83. The lowest BCUT2D eigenvalue weighted by molar-refractivity contribution is 0.404. The maximum absolute atomic E-state index is 5.30. The molecule has 3 heteroatoms. The Morgan fingerprint density at radius 2 is 1.81 bits per heavy atom. The van der Waals surface area contributed by atoms with Crippen molar-refractivity contribution < 1.29 is 4.74 Å². The second-order valence-corrected chi connectivity index (χ2v) is 6.32. The Morgan fingerprint density at radius 3 is 2.43 bits per heavy atom. The lowest BCUT2D eigenvalue weighted by Crippen LogP contribution is -2.25. The zero-order chi connectivity index (χ0) is 15.2. The van der Waals surface area contributed by atoms with Crippen LogP contribution < -0.4 is 10.1 Å². The van der Waals surface area contributed by atoms with Crippen molar-refractivity contribution in [2.75, 3.05) is 7.11 Å². The number of ether oxygens (including phenoxy) is 1. The van der Waals surface area contributed by atoms with E-state index in [1.807, 2.05) is 12.1 Å². The predicted octanol–water partition coefficient (Wildman–Crippen LogP) is 4.94. The van der Waals surface area contributed by atoms with Crippen LogP contribution in [0.25, 0.3) is 0 Å². The molecule has 0 bridgehead atoms. The van der Waals surface area contributed by atoms with Gasteiger partial charge in [0, 0.05) is 17.1 Å². The van der Waals surface area contributed by atoms with Crippen LogP contribution in [-0.4, -0.2) is 7.11 Å². The van der Waals surface area contributed by atoms with Crippen molar-refractivity contribution in [2.45, 2.75) is 26.4 Å². The van der Waals surface area contributed by atoms with Gasteiger partial charge in [0.2, 0.25) is 0 Å². The number of benzene rings is 2. The van der Waals surface area contributed by atoms with E-state index < -0.39 is 0 Å². The van der Waals surface area contributed by atoms with Crippen LogP contribution in [0.2, 0.25) is 0 Å². The third kappa shape index (κ3) is 4.32. The Bertz CT molecular complexity index is 569. The second kappa shape index (κ2) is 7.62. The number of rotatable bonds is 6. The normalized spacial score (nSPS) is 12.4. The van der Waals surface area contributed by atoms with Crippen molar-refractivity contribution in [3.63, 3.8) is 0 Å². The molecule has 0 radical (unpaired) electrons. The van der Waals surface area contributed by atoms with Gasteiger partial charge in [0.15, 0.2) is 0 Å². The fourth-order valence-electron chi connectivity index (χ4n) is 2.43. The molecule has 2 rings (SSSR count). The molecule has 0 saturated heterocycles. The fourth-order valence-corrected chi connectivity index (χ4v) is 2.82. The molecular weight excluding hydrogens is 326 g/mol. The molecule has 0 aromatic heterocycles. The molecule has 0 aliphatic rings. The zero-order valence-electron chi connectivity index (χ0n) is 12.8. The SMILES string of the molecule is COc1ccc(Br)c(CNC(c2ccccc2)C(C)C)c1. The van der Waals surface area contributed by atoms with Gasteiger partial charge in [-0.25, -0.2) is 0 Å². The summed E-state index contributed by atoms with van der Waals surface area (Å²) in [7, 11) is 1.70. The van der Waals surface area contributed by atoms with E-state index in [1.54, 1.807) is 7.11 Å². The minimum atomic E-state index is 0.337. The molecule has 2 aromatic carbocycles. The van der Waals surface area contributed by atoms with Crippen molar-refractivity contribution in [1.82, 2.24) is 5.32 Å². The standard InChI is InChI=1S/C18H22BrNO/c1-13(2)18(14-7-5-4-6-8-14)20-12-15-11-16(21-3)9-10-17(15)19/h4-11,13,18,20H,12H2,1-3H3. The van der Waals surface area contributed by atoms with Gasteiger partial charge < -0.3 is 10.1 Å². The van der Waals surface area contributed by atoms with Gasteiger partial charge in [-0.1, -0.05) is 60.1 Å². The number of halogens is 1. The van der Waals surface area contributed by atoms with Crippen LogP contribution in [0, 0.1) is 5.92 Å². The molecular formula is C18H22BrNO. The molecule has 0 heterocycles. The first-order chi connectivity index (χ1) is 10.1. The molecule has 2 aromatic rings. The summed E-state index contributed by atoms with van der Waals surface area (Å²) >= 11 is 3.61. The van der Waals surface area contributed by atoms with Crippen LogP contribution in [0.15, 0.2) is 53.0 Å². The van der Waals surface area contributed by atoms with E-state index in [0.717, 1.165) is 16.8 Å². The average molecular weight is 348 g/mol. The van der Waals surface area contributed by atoms with E-state index in [0.29, 0.717) is 12.0 Å². The van der Waals surface area contributed by atoms with E-state index in [-0.39, 0.29) is 0 Å². The van der Waals surface area contributed by atoms with Crippen LogP contribution in [0.3, 0.4) is 0 Å². The highest BCUT2D eigenvalue weighted by Gasteiger charge is 2.15. The van der Waals surface area contributed by atoms with Gasteiger partial charge in [-0.2, -0.15) is 0 Å². The molecule has 21 heavy (non-hydrogen) atoms. The van der Waals surface area contributed by atoms with E-state index in [1.165, 1.54) is 11.1 Å². The number of hydrogen-bond acceptors (Lipinski definition) is 2. The lowest BCUT2D eigenvalue weighted by Gasteiger charge is -2.23. The van der Waals surface area contributed by atoms with Gasteiger partial charge in [0.1, 0.15) is 5.75 Å². The van der Waals surface area contributed by atoms with E-state index in [9.17, 15) is 0 Å². The molecule has 112 valence electrons. The monoisotopic (exact) mass is 347 g/mol. The molecule has 1 unspecified atom stereocenters. The first kappa shape index (κ1) is 16.1. The molecule has 0 amide bonds. The van der Waals surface area contributed by atoms with Crippen LogP contribution in [0.1, 0.15) is 31.0 Å². The molecule has 0 fully saturated rings. The summed E-state index contributed by atoms with van der Waals surface area (Å²) in [6.45, 7) is 5.28. The Balaban J connectivity index is 2.13. The third-order valence-electron chi connectivity index (χ3n) is 3.59. The summed E-state index contributed by atoms with van der Waals surface area (Å²) in [5.74, 6) is 1.41. The van der Waals surface area contributed by atoms with Crippen molar-refractivity contribution in [1.29, 1.82) is 0 Å². The van der Waals surface area contributed by atoms with Crippen molar-refractivity contribution in [2.24, 2.45) is 5.92 Å². The highest BCUT2D eigenvalue weighted by molar-refractivity contribution is 9.10. The molecule has 0 spiro atoms. The van der Waals surface area contributed by atoms with Crippen molar-refractivity contribution >= 4 is 15.9 Å². The minimum absolute atomic E-state index is 0.337. The molecule has 2 nitrogen and oxygen atoms in total. The van der Waals surface area contributed by atoms with Crippen LogP contribution >= 0.6 is 15.9 Å². The van der Waals surface area contributed by atoms with Crippen LogP contribution in [0.5, 0.6) is 5.75 Å². The number of methoxy groups -OCH3 is 1. The summed E-state index contributed by atoms with van der Waals surface area (Å²) < 4.78 is 6.40. The van der Waals surface area contributed by atoms with E-state index in [2.05, 4.69) is 71.5 Å². The molecule has 1 atom stereocenters. The third-order valence-corrected chi connectivity index (χ3v) is 4.36. The smallest absolute Gasteiger partial charge is 0.119 e. The van der Waals surface area contributed by atoms with Gasteiger partial charge in [-0.15, -0.1) is 0 Å². The maximum atomic E-state index is 5.30. The van der Waals surface area contributed by atoms with Crippen LogP contribution in [0.4, 0.5) is 0 Å². The lowest BCUT2D eigenvalue weighted by atomic mass is 9.96. The topological polar surface area (TPSA) is 21.3 Å². The molecule has 0 aliphatic heterocycles. The highest BCUT2D eigenvalue weighted by Crippen LogP contribution is 2.25. The van der Waals surface area contributed by atoms with Crippen LogP contribution in [-0.2, 0) is 6.54 Å². The first-order valence-corrected chi connectivity index (χ1v) is 8.02. The van der Waals surface area contributed by atoms with E-state index >= 15 is 0 Å². The summed E-state index contributed by atoms with van der Waals surface area (Å²) in [5.41, 5.74) is 2.53. The molecule has 0 saturated carbocycles. The summed E-state index contributed by atoms with van der Waals surface area (Å²) in [5, 5.41) is 3.66.